The summed E-state index contributed by atoms with van der Waals surface area (Å²) in [6, 6.07) is 5.51. The first-order valence-electron chi connectivity index (χ1n) is 7.30. The van der Waals surface area contributed by atoms with E-state index in [9.17, 15) is 9.59 Å². The molecule has 2 atom stereocenters. The molecule has 2 aliphatic rings. The Balaban J connectivity index is 1.58. The van der Waals surface area contributed by atoms with E-state index in [4.69, 9.17) is 23.2 Å². The summed E-state index contributed by atoms with van der Waals surface area (Å²) in [5.41, 5.74) is 0.931. The molecular formula is C15H17Cl2N3O2. The minimum Gasteiger partial charge on any atom is -0.368 e. The number of halogens is 2. The van der Waals surface area contributed by atoms with Crippen LogP contribution in [0.5, 0.6) is 0 Å². The van der Waals surface area contributed by atoms with Crippen LogP contribution < -0.4 is 15.5 Å². The van der Waals surface area contributed by atoms with E-state index in [1.54, 1.807) is 6.07 Å². The van der Waals surface area contributed by atoms with Gasteiger partial charge in [0.2, 0.25) is 11.8 Å². The summed E-state index contributed by atoms with van der Waals surface area (Å²) >= 11 is 12.1. The summed E-state index contributed by atoms with van der Waals surface area (Å²) in [6.07, 6.45) is 1.14. The van der Waals surface area contributed by atoms with Gasteiger partial charge in [0.15, 0.2) is 0 Å². The number of hydrogen-bond donors (Lipinski definition) is 2. The van der Waals surface area contributed by atoms with Crippen molar-refractivity contribution in [1.29, 1.82) is 0 Å². The van der Waals surface area contributed by atoms with Gasteiger partial charge in [-0.15, -0.1) is 0 Å². The lowest BCUT2D eigenvalue weighted by Crippen LogP contribution is -2.41. The summed E-state index contributed by atoms with van der Waals surface area (Å²) in [7, 11) is 0. The van der Waals surface area contributed by atoms with Gasteiger partial charge in [-0.2, -0.15) is 0 Å². The van der Waals surface area contributed by atoms with Gasteiger partial charge in [-0.25, -0.2) is 0 Å². The first-order chi connectivity index (χ1) is 10.5. The van der Waals surface area contributed by atoms with E-state index >= 15 is 0 Å². The number of nitrogens with one attached hydrogen (secondary N) is 2. The van der Waals surface area contributed by atoms with Crippen LogP contribution in [0, 0.1) is 5.92 Å². The molecule has 2 saturated heterocycles. The van der Waals surface area contributed by atoms with E-state index in [0.29, 0.717) is 23.1 Å². The molecule has 2 fully saturated rings. The van der Waals surface area contributed by atoms with Crippen molar-refractivity contribution in [2.75, 3.05) is 24.5 Å². The van der Waals surface area contributed by atoms with Crippen LogP contribution in [0.25, 0.3) is 0 Å². The van der Waals surface area contributed by atoms with Crippen molar-refractivity contribution < 1.29 is 9.59 Å². The van der Waals surface area contributed by atoms with Crippen LogP contribution in [0.1, 0.15) is 12.8 Å². The van der Waals surface area contributed by atoms with Crippen LogP contribution in [0.15, 0.2) is 18.2 Å². The van der Waals surface area contributed by atoms with Crippen molar-refractivity contribution in [1.82, 2.24) is 10.6 Å². The molecule has 5 nitrogen and oxygen atoms in total. The second kappa shape index (κ2) is 6.34. The largest absolute Gasteiger partial charge is 0.368 e. The zero-order chi connectivity index (χ0) is 15.7. The fourth-order valence-corrected chi connectivity index (χ4v) is 3.47. The first-order valence-corrected chi connectivity index (χ1v) is 8.05. The lowest BCUT2D eigenvalue weighted by atomic mass is 10.1. The predicted octanol–water partition coefficient (Wildman–Crippen LogP) is 1.82. The van der Waals surface area contributed by atoms with Gasteiger partial charge in [-0.1, -0.05) is 23.2 Å². The lowest BCUT2D eigenvalue weighted by molar-refractivity contribution is -0.127. The van der Waals surface area contributed by atoms with E-state index in [-0.39, 0.29) is 30.2 Å². The Morgan fingerprint density at radius 2 is 2.18 bits per heavy atom. The fraction of sp³-hybridized carbons (Fsp3) is 0.467. The Bertz CT molecular complexity index is 608. The number of rotatable bonds is 3. The van der Waals surface area contributed by atoms with Crippen molar-refractivity contribution in [3.63, 3.8) is 0 Å². The van der Waals surface area contributed by atoms with Gasteiger partial charge in [0.25, 0.3) is 0 Å². The molecule has 2 amide bonds. The molecule has 0 bridgehead atoms. The summed E-state index contributed by atoms with van der Waals surface area (Å²) in [4.78, 5) is 25.4. The average Bonchev–Trinajstić information content (AvgIpc) is 3.08. The van der Waals surface area contributed by atoms with E-state index in [1.807, 2.05) is 12.1 Å². The molecule has 0 unspecified atom stereocenters. The molecule has 0 saturated carbocycles. The molecular weight excluding hydrogens is 325 g/mol. The number of carbonyl (C=O) groups excluding carboxylic acids is 2. The second-order valence-corrected chi connectivity index (χ2v) is 6.58. The molecule has 0 spiro atoms. The molecule has 2 aliphatic heterocycles. The molecule has 2 heterocycles. The van der Waals surface area contributed by atoms with Gasteiger partial charge in [-0.05, 0) is 24.6 Å². The van der Waals surface area contributed by atoms with Crippen molar-refractivity contribution in [3.8, 4) is 0 Å². The zero-order valence-corrected chi connectivity index (χ0v) is 13.5. The van der Waals surface area contributed by atoms with Crippen molar-refractivity contribution >= 4 is 40.7 Å². The molecule has 2 N–H and O–H groups in total. The smallest absolute Gasteiger partial charge is 0.225 e. The minimum absolute atomic E-state index is 0.0487. The average molecular weight is 342 g/mol. The summed E-state index contributed by atoms with van der Waals surface area (Å²) in [5, 5.41) is 6.94. The summed E-state index contributed by atoms with van der Waals surface area (Å²) in [6.45, 7) is 1.97. The van der Waals surface area contributed by atoms with Crippen molar-refractivity contribution in [2.45, 2.75) is 18.9 Å². The minimum atomic E-state index is -0.249. The predicted molar refractivity (Wildman–Crippen MR) is 86.3 cm³/mol. The Morgan fingerprint density at radius 1 is 1.36 bits per heavy atom. The molecule has 0 radical (unpaired) electrons. The third-order valence-electron chi connectivity index (χ3n) is 4.13. The molecule has 1 aromatic rings. The van der Waals surface area contributed by atoms with Gasteiger partial charge < -0.3 is 15.5 Å². The molecule has 1 aromatic carbocycles. The van der Waals surface area contributed by atoms with Gasteiger partial charge in [-0.3, -0.25) is 9.59 Å². The third kappa shape index (κ3) is 3.31. The maximum Gasteiger partial charge on any atom is 0.225 e. The highest BCUT2D eigenvalue weighted by Crippen LogP contribution is 2.31. The SMILES string of the molecule is O=C1C[C@@H](C(=O)N[C@@H]2CCN(c3ccc(Cl)cc3Cl)C2)CN1. The van der Waals surface area contributed by atoms with E-state index in [0.717, 1.165) is 18.7 Å². The standard InChI is InChI=1S/C15H17Cl2N3O2/c16-10-1-2-13(12(17)6-10)20-4-3-11(8-20)19-15(22)9-5-14(21)18-7-9/h1-2,6,9,11H,3-5,7-8H2,(H,18,21)(H,19,22)/t9-,11-/m1/s1. The number of benzene rings is 1. The van der Waals surface area contributed by atoms with Crippen molar-refractivity contribution in [3.05, 3.63) is 28.2 Å². The van der Waals surface area contributed by atoms with Crippen molar-refractivity contribution in [2.24, 2.45) is 5.92 Å². The van der Waals surface area contributed by atoms with Crippen LogP contribution in [0.3, 0.4) is 0 Å². The number of hydrogen-bond acceptors (Lipinski definition) is 3. The number of nitrogens with zero attached hydrogens (tertiary/aromatic N) is 1. The number of carbonyl (C=O) groups is 2. The maximum absolute atomic E-state index is 12.1. The molecule has 0 aromatic heterocycles. The summed E-state index contributed by atoms with van der Waals surface area (Å²) in [5.74, 6) is -0.353. The maximum atomic E-state index is 12.1. The second-order valence-electron chi connectivity index (χ2n) is 5.74. The lowest BCUT2D eigenvalue weighted by Gasteiger charge is -2.21. The highest BCUT2D eigenvalue weighted by atomic mass is 35.5. The third-order valence-corrected chi connectivity index (χ3v) is 4.67. The van der Waals surface area contributed by atoms with E-state index < -0.39 is 0 Å². The molecule has 118 valence electrons. The highest BCUT2D eigenvalue weighted by Gasteiger charge is 2.31. The Hall–Kier alpha value is -1.46. The van der Waals surface area contributed by atoms with E-state index in [2.05, 4.69) is 15.5 Å². The quantitative estimate of drug-likeness (QED) is 0.881. The van der Waals surface area contributed by atoms with E-state index in [1.165, 1.54) is 0 Å². The Morgan fingerprint density at radius 3 is 2.86 bits per heavy atom. The number of anilines is 1. The molecule has 0 aliphatic carbocycles. The fourth-order valence-electron chi connectivity index (χ4n) is 2.94. The van der Waals surface area contributed by atoms with Gasteiger partial charge in [0.05, 0.1) is 16.6 Å². The van der Waals surface area contributed by atoms with Crippen LogP contribution >= 0.6 is 23.2 Å². The normalized spacial score (nSPS) is 24.5. The zero-order valence-electron chi connectivity index (χ0n) is 11.9. The molecule has 3 rings (SSSR count). The summed E-state index contributed by atoms with van der Waals surface area (Å²) < 4.78 is 0. The first kappa shape index (κ1) is 15.4. The monoisotopic (exact) mass is 341 g/mol. The molecule has 7 heteroatoms. The highest BCUT2D eigenvalue weighted by molar-refractivity contribution is 6.36. The Kier molecular flexibility index (Phi) is 4.45. The van der Waals surface area contributed by atoms with Crippen LogP contribution in [0.2, 0.25) is 10.0 Å². The number of amides is 2. The molecule has 22 heavy (non-hydrogen) atoms. The topological polar surface area (TPSA) is 61.4 Å². The van der Waals surface area contributed by atoms with Crippen LogP contribution in [0.4, 0.5) is 5.69 Å². The van der Waals surface area contributed by atoms with Gasteiger partial charge in [0, 0.05) is 37.1 Å². The van der Waals surface area contributed by atoms with Crippen LogP contribution in [-0.2, 0) is 9.59 Å². The van der Waals surface area contributed by atoms with Gasteiger partial charge in [0.1, 0.15) is 0 Å². The van der Waals surface area contributed by atoms with Gasteiger partial charge >= 0.3 is 0 Å². The Labute approximate surface area is 138 Å². The van der Waals surface area contributed by atoms with Crippen LogP contribution in [-0.4, -0.2) is 37.5 Å².